The third-order valence-corrected chi connectivity index (χ3v) is 42.3. The molecule has 12 rings (SSSR count). The van der Waals surface area contributed by atoms with Crippen molar-refractivity contribution in [1.82, 2.24) is 31.1 Å². The van der Waals surface area contributed by atoms with Crippen molar-refractivity contribution in [2.24, 2.45) is 0 Å². The van der Waals surface area contributed by atoms with E-state index in [1.165, 1.54) is 118 Å². The van der Waals surface area contributed by atoms with Crippen LogP contribution < -0.4 is 21.3 Å². The highest BCUT2D eigenvalue weighted by Crippen LogP contribution is 2.35. The van der Waals surface area contributed by atoms with Crippen LogP contribution in [-0.2, 0) is 108 Å². The minimum absolute atomic E-state index is 0.00576. The summed E-state index contributed by atoms with van der Waals surface area (Å²) in [6, 6.07) is 21.5. The van der Waals surface area contributed by atoms with Gasteiger partial charge in [-0.1, -0.05) is 68.9 Å². The maximum Gasteiger partial charge on any atom is 0.219 e. The lowest BCUT2D eigenvalue weighted by atomic mass is 10.2. The molecule has 0 radical (unpaired) electrons. The number of carbonyl (C=O) groups excluding carboxylic acids is 1. The molecule has 7 aliphatic rings. The van der Waals surface area contributed by atoms with Crippen molar-refractivity contribution in [1.29, 1.82) is 0 Å². The van der Waals surface area contributed by atoms with Gasteiger partial charge in [-0.05, 0) is 173 Å². The van der Waals surface area contributed by atoms with Gasteiger partial charge in [-0.2, -0.15) is 0 Å². The average Bonchev–Trinajstić information content (AvgIpc) is 1.64. The van der Waals surface area contributed by atoms with Gasteiger partial charge in [0.25, 0.3) is 0 Å². The number of sulfone groups is 10. The lowest BCUT2D eigenvalue weighted by Gasteiger charge is -2.39. The van der Waals surface area contributed by atoms with Crippen molar-refractivity contribution >= 4 is 139 Å². The number of hydrogen-bond donors (Lipinski definition) is 4. The molecule has 5 aromatic rings. The van der Waals surface area contributed by atoms with Crippen LogP contribution in [0, 0.1) is 25.5 Å². The molecular formula is C73H101Cl3F2N6O22S10. The summed E-state index contributed by atoms with van der Waals surface area (Å²) in [5.74, 6) is -3.79. The summed E-state index contributed by atoms with van der Waals surface area (Å²) >= 11 is 17.3. The van der Waals surface area contributed by atoms with Crippen molar-refractivity contribution < 1.29 is 102 Å². The minimum Gasteiger partial charge on any atom is -0.377 e. The van der Waals surface area contributed by atoms with Crippen LogP contribution in [0.15, 0.2) is 134 Å². The van der Waals surface area contributed by atoms with Crippen molar-refractivity contribution in [2.75, 3.05) is 110 Å². The standard InChI is InChI=1S/C17H23FN2O5S2.C16H22FNO5S2.C14H20ClNO4S2.2C13H18ClNO4S2/c1-12-9-14(3-4-15(12)18)27(24,25)17-11-26(22,23)10-16(17)20-7-5-19(6-8-20)13(2)21;1-11-7-13(4-5-14(11)17)25(21,22)16-10-24(19,20)9-15(16)18-8-12-3-2-6-23-12;1-2-3-8-16-13-9-21(17,18)10-14(13)22(19,20)12-6-4-11(15)5-7-12;1-9(2)15-12-7-20(16,17)8-13(12)21(18,19)11-5-3-10(14)4-6-11;1-2-7-15-12-8-20(16,17)9-13(12)21(18,19)11-5-3-10(14)4-6-11/h3-4,9,16-17H,5-8,10-11H2,1-2H3;4-5,7,12,15-16,18H,2-3,6,8-10H2,1H3;4-7,13-14,16H,2-3,8-10H2,1H3;3-6,9,12-13,15H,7-8H2,1-2H3;3-6,12-13,15H,2,7-9H2,1H3/t16-,17-;12?,15-,16-;13-,14-;2*12-,13-/m00000/s1. The number of ether oxygens (including phenoxy) is 1. The quantitative estimate of drug-likeness (QED) is 0.0475. The molecule has 5 aromatic carbocycles. The van der Waals surface area contributed by atoms with Crippen LogP contribution in [0.3, 0.4) is 0 Å². The van der Waals surface area contributed by atoms with E-state index >= 15 is 0 Å². The molecule has 7 saturated heterocycles. The van der Waals surface area contributed by atoms with Crippen LogP contribution in [-0.4, -0.2) is 278 Å². The summed E-state index contributed by atoms with van der Waals surface area (Å²) in [7, 11) is -36.0. The Balaban J connectivity index is 0.000000182. The number of carbonyl (C=O) groups is 1. The van der Waals surface area contributed by atoms with Gasteiger partial charge in [-0.3, -0.25) is 9.69 Å². The van der Waals surface area contributed by atoms with Gasteiger partial charge in [0.2, 0.25) is 5.91 Å². The second-order valence-electron chi connectivity index (χ2n) is 30.1. The molecule has 28 nitrogen and oxygen atoms in total. The van der Waals surface area contributed by atoms with Gasteiger partial charge in [-0.15, -0.1) is 0 Å². The molecule has 1 unspecified atom stereocenters. The van der Waals surface area contributed by atoms with Gasteiger partial charge in [0.05, 0.1) is 114 Å². The van der Waals surface area contributed by atoms with E-state index in [1.54, 1.807) is 4.90 Å². The number of benzene rings is 5. The third kappa shape index (κ3) is 25.6. The number of aryl methyl sites for hydroxylation is 2. The number of rotatable bonds is 23. The fourth-order valence-corrected chi connectivity index (χ4v) is 38.9. The number of nitrogens with one attached hydrogen (secondary N) is 4. The first kappa shape index (κ1) is 97.0. The monoisotopic (exact) mass is 1880 g/mol. The molecule has 7 aliphatic heterocycles. The fraction of sp³-hybridized carbons (Fsp3) is 0.575. The van der Waals surface area contributed by atoms with Crippen molar-refractivity contribution in [3.8, 4) is 0 Å². The lowest BCUT2D eigenvalue weighted by molar-refractivity contribution is -0.130. The molecule has 0 aromatic heterocycles. The van der Waals surface area contributed by atoms with Crippen molar-refractivity contribution in [3.05, 3.63) is 147 Å². The number of unbranched alkanes of at least 4 members (excludes halogenated alkanes) is 1. The Bertz CT molecular complexity index is 5510. The Labute approximate surface area is 697 Å². The molecular weight excluding hydrogens is 1780 g/mol. The van der Waals surface area contributed by atoms with Crippen LogP contribution in [0.5, 0.6) is 0 Å². The summed E-state index contributed by atoms with van der Waals surface area (Å²) in [5, 5.41) is 8.52. The van der Waals surface area contributed by atoms with E-state index in [0.717, 1.165) is 44.2 Å². The molecule has 0 bridgehead atoms. The predicted molar refractivity (Wildman–Crippen MR) is 444 cm³/mol. The summed E-state index contributed by atoms with van der Waals surface area (Å²) in [5.41, 5.74) is 0.411. The zero-order valence-electron chi connectivity index (χ0n) is 64.9. The molecule has 7 fully saturated rings. The van der Waals surface area contributed by atoms with E-state index < -0.39 is 178 Å². The zero-order chi connectivity index (χ0) is 86.1. The molecule has 43 heteroatoms. The zero-order valence-corrected chi connectivity index (χ0v) is 75.4. The number of nitrogens with zero attached hydrogens (tertiary/aromatic N) is 2. The molecule has 1 amide bonds. The number of amides is 1. The van der Waals surface area contributed by atoms with Gasteiger partial charge in [0.1, 0.15) is 11.6 Å². The smallest absolute Gasteiger partial charge is 0.219 e. The summed E-state index contributed by atoms with van der Waals surface area (Å²) in [6.07, 6.45) is 4.46. The SMILES string of the molecule is CC(=O)N1CCN([C@H]2CS(=O)(=O)C[C@@H]2S(=O)(=O)c2ccc(F)c(C)c2)CC1.CC(C)N[C@H]1CS(=O)(=O)C[C@@H]1S(=O)(=O)c1ccc(Cl)cc1.CCCCN[C@H]1CS(=O)(=O)C[C@@H]1S(=O)(=O)c1ccc(Cl)cc1.CCCN[C@H]1CS(=O)(=O)C[C@@H]1S(=O)(=O)c1ccc(Cl)cc1.Cc1cc(S(=O)(=O)[C@H]2CS(=O)(=O)C[C@@H]2NCC2CCCO2)ccc1F. The second-order valence-corrected chi connectivity index (χ2v) is 53.1. The first-order chi connectivity index (χ1) is 53.8. The fourth-order valence-electron chi connectivity index (χ4n) is 14.7. The van der Waals surface area contributed by atoms with Crippen molar-refractivity contribution in [2.45, 2.75) is 174 Å². The maximum absolute atomic E-state index is 13.5. The highest BCUT2D eigenvalue weighted by atomic mass is 35.5. The summed E-state index contributed by atoms with van der Waals surface area (Å²) in [6.45, 7) is 16.1. The predicted octanol–water partition coefficient (Wildman–Crippen LogP) is 5.30. The van der Waals surface area contributed by atoms with E-state index in [0.29, 0.717) is 67.5 Å². The largest absolute Gasteiger partial charge is 0.377 e. The van der Waals surface area contributed by atoms with Gasteiger partial charge < -0.3 is 30.9 Å². The first-order valence-corrected chi connectivity index (χ1v) is 55.4. The Morgan fingerprint density at radius 2 is 0.793 bits per heavy atom. The highest BCUT2D eigenvalue weighted by molar-refractivity contribution is 7.98. The first-order valence-electron chi connectivity index (χ1n) is 37.4. The van der Waals surface area contributed by atoms with Gasteiger partial charge in [-0.25, -0.2) is 93.0 Å². The van der Waals surface area contributed by atoms with Crippen LogP contribution in [0.2, 0.25) is 15.1 Å². The highest BCUT2D eigenvalue weighted by Gasteiger charge is 2.52. The molecule has 7 heterocycles. The van der Waals surface area contributed by atoms with Crippen molar-refractivity contribution in [3.63, 3.8) is 0 Å². The molecule has 4 N–H and O–H groups in total. The normalized spacial score (nSPS) is 26.1. The van der Waals surface area contributed by atoms with E-state index in [2.05, 4.69) is 21.3 Å². The minimum atomic E-state index is -3.95. The van der Waals surface area contributed by atoms with Gasteiger partial charge >= 0.3 is 0 Å². The number of piperazine rings is 1. The van der Waals surface area contributed by atoms with Crippen LogP contribution in [0.25, 0.3) is 0 Å². The summed E-state index contributed by atoms with van der Waals surface area (Å²) < 4.78 is 280. The molecule has 0 spiro atoms. The Kier molecular flexibility index (Phi) is 33.3. The molecule has 0 aliphatic carbocycles. The van der Waals surface area contributed by atoms with Crippen LogP contribution in [0.1, 0.15) is 77.8 Å². The number of hydrogen-bond acceptors (Lipinski definition) is 27. The van der Waals surface area contributed by atoms with E-state index in [1.807, 2.05) is 32.6 Å². The van der Waals surface area contributed by atoms with Crippen LogP contribution >= 0.6 is 34.8 Å². The van der Waals surface area contributed by atoms with E-state index in [9.17, 15) is 97.8 Å². The van der Waals surface area contributed by atoms with E-state index in [4.69, 9.17) is 39.5 Å². The molecule has 116 heavy (non-hydrogen) atoms. The van der Waals surface area contributed by atoms with Gasteiger partial charge in [0, 0.05) is 97.6 Å². The maximum atomic E-state index is 13.5. The number of halogens is 5. The Morgan fingerprint density at radius 1 is 0.457 bits per heavy atom. The molecule has 11 atom stereocenters. The summed E-state index contributed by atoms with van der Waals surface area (Å²) in [4.78, 5) is 15.2. The Morgan fingerprint density at radius 3 is 1.15 bits per heavy atom. The molecule has 0 saturated carbocycles. The molecule has 650 valence electrons. The van der Waals surface area contributed by atoms with E-state index in [-0.39, 0.29) is 99.7 Å². The second kappa shape index (κ2) is 39.8. The average molecular weight is 1880 g/mol. The lowest BCUT2D eigenvalue weighted by Crippen LogP contribution is -2.55. The third-order valence-electron chi connectivity index (χ3n) is 20.8. The topological polar surface area (TPSA) is 422 Å². The van der Waals surface area contributed by atoms with Crippen LogP contribution in [0.4, 0.5) is 8.78 Å². The Hall–Kier alpha value is -4.44. The van der Waals surface area contributed by atoms with Gasteiger partial charge in [0.15, 0.2) is 98.4 Å².